The van der Waals surface area contributed by atoms with Gasteiger partial charge in [0.15, 0.2) is 5.78 Å². The number of hydrogen-bond donors (Lipinski definition) is 0. The summed E-state index contributed by atoms with van der Waals surface area (Å²) in [5.41, 5.74) is 0.279. The number of halogens is 3. The first-order chi connectivity index (χ1) is 7.93. The van der Waals surface area contributed by atoms with E-state index >= 15 is 0 Å². The van der Waals surface area contributed by atoms with Crippen LogP contribution in [0.4, 0.5) is 13.2 Å². The molecule has 2 nitrogen and oxygen atoms in total. The van der Waals surface area contributed by atoms with Crippen LogP contribution in [-0.4, -0.2) is 19.1 Å². The van der Waals surface area contributed by atoms with E-state index in [0.717, 1.165) is 0 Å². The first-order valence-electron chi connectivity index (χ1n) is 5.18. The second-order valence-electron chi connectivity index (χ2n) is 4.09. The predicted octanol–water partition coefficient (Wildman–Crippen LogP) is 3.08. The highest BCUT2D eigenvalue weighted by Gasteiger charge is 2.58. The third-order valence-electron chi connectivity index (χ3n) is 2.90. The molecule has 0 N–H and O–H groups in total. The zero-order valence-corrected chi connectivity index (χ0v) is 9.12. The van der Waals surface area contributed by atoms with Crippen molar-refractivity contribution in [2.75, 3.05) is 7.11 Å². The molecule has 0 saturated heterocycles. The summed E-state index contributed by atoms with van der Waals surface area (Å²) < 4.78 is 41.9. The standard InChI is InChI=1S/C12H11F3O2/c1-17-8-4-2-3-7(5-8)11(16)9-6-10(9)12(13,14)15/h2-5,9-10H,6H2,1H3. The van der Waals surface area contributed by atoms with E-state index in [1.165, 1.54) is 19.2 Å². The molecule has 1 fully saturated rings. The van der Waals surface area contributed by atoms with Gasteiger partial charge in [0.05, 0.1) is 13.0 Å². The Morgan fingerprint density at radius 3 is 2.65 bits per heavy atom. The number of carbonyl (C=O) groups is 1. The normalized spacial score (nSPS) is 23.3. The first kappa shape index (κ1) is 12.0. The molecular formula is C12H11F3O2. The largest absolute Gasteiger partial charge is 0.497 e. The third kappa shape index (κ3) is 2.43. The zero-order valence-electron chi connectivity index (χ0n) is 9.12. The van der Waals surface area contributed by atoms with Crippen molar-refractivity contribution in [3.63, 3.8) is 0 Å². The number of rotatable bonds is 3. The molecule has 5 heteroatoms. The fourth-order valence-electron chi connectivity index (χ4n) is 1.84. The number of alkyl halides is 3. The molecule has 0 radical (unpaired) electrons. The van der Waals surface area contributed by atoms with Crippen molar-refractivity contribution in [1.82, 2.24) is 0 Å². The highest BCUT2D eigenvalue weighted by molar-refractivity contribution is 6.00. The van der Waals surface area contributed by atoms with E-state index in [1.54, 1.807) is 12.1 Å². The molecule has 0 aliphatic heterocycles. The molecule has 0 amide bonds. The van der Waals surface area contributed by atoms with E-state index in [9.17, 15) is 18.0 Å². The van der Waals surface area contributed by atoms with Crippen molar-refractivity contribution >= 4 is 5.78 Å². The van der Waals surface area contributed by atoms with Gasteiger partial charge in [-0.25, -0.2) is 0 Å². The fourth-order valence-corrected chi connectivity index (χ4v) is 1.84. The van der Waals surface area contributed by atoms with Crippen LogP contribution in [-0.2, 0) is 0 Å². The Labute approximate surface area is 96.4 Å². The highest BCUT2D eigenvalue weighted by atomic mass is 19.4. The van der Waals surface area contributed by atoms with Gasteiger partial charge in [0.25, 0.3) is 0 Å². The Bertz CT molecular complexity index is 440. The Kier molecular flexibility index (Phi) is 2.85. The summed E-state index contributed by atoms with van der Waals surface area (Å²) in [5, 5.41) is 0. The lowest BCUT2D eigenvalue weighted by Gasteiger charge is -2.05. The van der Waals surface area contributed by atoms with Crippen molar-refractivity contribution in [3.8, 4) is 5.75 Å². The molecule has 2 unspecified atom stereocenters. The quantitative estimate of drug-likeness (QED) is 0.764. The number of hydrogen-bond acceptors (Lipinski definition) is 2. The van der Waals surface area contributed by atoms with Crippen molar-refractivity contribution in [2.45, 2.75) is 12.6 Å². The summed E-state index contributed by atoms with van der Waals surface area (Å²) in [6.07, 6.45) is -4.36. The molecule has 1 saturated carbocycles. The Hall–Kier alpha value is -1.52. The minimum absolute atomic E-state index is 0.0977. The van der Waals surface area contributed by atoms with Gasteiger partial charge in [-0.15, -0.1) is 0 Å². The lowest BCUT2D eigenvalue weighted by molar-refractivity contribution is -0.149. The van der Waals surface area contributed by atoms with Gasteiger partial charge in [-0.05, 0) is 18.6 Å². The molecule has 0 bridgehead atoms. The average Bonchev–Trinajstić information content (AvgIpc) is 3.07. The molecule has 0 aromatic heterocycles. The highest BCUT2D eigenvalue weighted by Crippen LogP contribution is 2.51. The molecule has 1 aromatic rings. The summed E-state index contributed by atoms with van der Waals surface area (Å²) in [6, 6.07) is 6.21. The van der Waals surface area contributed by atoms with Gasteiger partial charge in [-0.1, -0.05) is 12.1 Å². The molecule has 0 heterocycles. The molecule has 1 aromatic carbocycles. The second-order valence-corrected chi connectivity index (χ2v) is 4.09. The van der Waals surface area contributed by atoms with E-state index in [4.69, 9.17) is 4.74 Å². The number of ketones is 1. The smallest absolute Gasteiger partial charge is 0.392 e. The van der Waals surface area contributed by atoms with Crippen LogP contribution in [0, 0.1) is 11.8 Å². The predicted molar refractivity (Wildman–Crippen MR) is 55.0 cm³/mol. The van der Waals surface area contributed by atoms with E-state index in [1.807, 2.05) is 0 Å². The maximum Gasteiger partial charge on any atom is 0.392 e. The number of benzene rings is 1. The van der Waals surface area contributed by atoms with Gasteiger partial charge in [0, 0.05) is 11.5 Å². The van der Waals surface area contributed by atoms with Crippen LogP contribution in [0.1, 0.15) is 16.8 Å². The van der Waals surface area contributed by atoms with Gasteiger partial charge in [-0.3, -0.25) is 4.79 Å². The van der Waals surface area contributed by atoms with E-state index in [2.05, 4.69) is 0 Å². The molecule has 2 rings (SSSR count). The SMILES string of the molecule is COc1cccc(C(=O)C2CC2C(F)(F)F)c1. The number of ether oxygens (including phenoxy) is 1. The average molecular weight is 244 g/mol. The minimum atomic E-state index is -4.26. The van der Waals surface area contributed by atoms with E-state index in [0.29, 0.717) is 5.75 Å². The van der Waals surface area contributed by atoms with Crippen LogP contribution in [0.2, 0.25) is 0 Å². The maximum absolute atomic E-state index is 12.3. The van der Waals surface area contributed by atoms with Gasteiger partial charge in [-0.2, -0.15) is 13.2 Å². The number of methoxy groups -OCH3 is 1. The van der Waals surface area contributed by atoms with Crippen LogP contribution < -0.4 is 4.74 Å². The van der Waals surface area contributed by atoms with E-state index < -0.39 is 23.8 Å². The lowest BCUT2D eigenvalue weighted by atomic mass is 10.1. The fraction of sp³-hybridized carbons (Fsp3) is 0.417. The minimum Gasteiger partial charge on any atom is -0.497 e. The Balaban J connectivity index is 2.12. The van der Waals surface area contributed by atoms with Crippen LogP contribution >= 0.6 is 0 Å². The van der Waals surface area contributed by atoms with E-state index in [-0.39, 0.29) is 12.0 Å². The zero-order chi connectivity index (χ0) is 12.6. The summed E-state index contributed by atoms with van der Waals surface area (Å²) in [4.78, 5) is 11.8. The van der Waals surface area contributed by atoms with Crippen LogP contribution in [0.3, 0.4) is 0 Å². The molecule has 17 heavy (non-hydrogen) atoms. The van der Waals surface area contributed by atoms with Gasteiger partial charge in [0.1, 0.15) is 5.75 Å². The lowest BCUT2D eigenvalue weighted by Crippen LogP contribution is -2.15. The van der Waals surface area contributed by atoms with Gasteiger partial charge in [0.2, 0.25) is 0 Å². The topological polar surface area (TPSA) is 26.3 Å². The summed E-state index contributed by atoms with van der Waals surface area (Å²) in [5.74, 6) is -2.37. The molecule has 0 spiro atoms. The second kappa shape index (κ2) is 4.05. The maximum atomic E-state index is 12.3. The first-order valence-corrected chi connectivity index (χ1v) is 5.18. The van der Waals surface area contributed by atoms with Gasteiger partial charge < -0.3 is 4.74 Å². The number of Topliss-reactive ketones (excluding diaryl/α,β-unsaturated/α-hetero) is 1. The summed E-state index contributed by atoms with van der Waals surface area (Å²) >= 11 is 0. The van der Waals surface area contributed by atoms with Crippen LogP contribution in [0.15, 0.2) is 24.3 Å². The van der Waals surface area contributed by atoms with Crippen molar-refractivity contribution in [3.05, 3.63) is 29.8 Å². The Morgan fingerprint density at radius 1 is 1.41 bits per heavy atom. The summed E-state index contributed by atoms with van der Waals surface area (Å²) in [6.45, 7) is 0. The third-order valence-corrected chi connectivity index (χ3v) is 2.90. The number of carbonyl (C=O) groups excluding carboxylic acids is 1. The Morgan fingerprint density at radius 2 is 2.12 bits per heavy atom. The van der Waals surface area contributed by atoms with Crippen molar-refractivity contribution in [2.24, 2.45) is 11.8 Å². The van der Waals surface area contributed by atoms with Crippen LogP contribution in [0.25, 0.3) is 0 Å². The summed E-state index contributed by atoms with van der Waals surface area (Å²) in [7, 11) is 1.44. The monoisotopic (exact) mass is 244 g/mol. The van der Waals surface area contributed by atoms with Crippen LogP contribution in [0.5, 0.6) is 5.75 Å². The molecule has 1 aliphatic rings. The molecule has 1 aliphatic carbocycles. The van der Waals surface area contributed by atoms with Crippen molar-refractivity contribution < 1.29 is 22.7 Å². The molecule has 92 valence electrons. The molecular weight excluding hydrogens is 233 g/mol. The van der Waals surface area contributed by atoms with Gasteiger partial charge >= 0.3 is 6.18 Å². The van der Waals surface area contributed by atoms with Crippen molar-refractivity contribution in [1.29, 1.82) is 0 Å². The molecule has 2 atom stereocenters.